The van der Waals surface area contributed by atoms with E-state index in [0.29, 0.717) is 46.6 Å². The number of rotatable bonds is 8. The fraction of sp³-hybridized carbons (Fsp3) is 0.226. The number of ether oxygens (including phenoxy) is 2. The van der Waals surface area contributed by atoms with Crippen LogP contribution >= 0.6 is 0 Å². The van der Waals surface area contributed by atoms with Crippen LogP contribution in [-0.2, 0) is 9.47 Å². The Hall–Kier alpha value is -4.98. The van der Waals surface area contributed by atoms with E-state index in [9.17, 15) is 9.59 Å². The minimum Gasteiger partial charge on any atom is -0.381 e. The Morgan fingerprint density at radius 3 is 2.56 bits per heavy atom. The lowest BCUT2D eigenvalue weighted by atomic mass is 10.0. The summed E-state index contributed by atoms with van der Waals surface area (Å²) in [5.41, 5.74) is 8.10. The largest absolute Gasteiger partial charge is 0.381 e. The van der Waals surface area contributed by atoms with Crippen LogP contribution < -0.4 is 16.6 Å². The standard InChI is InChI=1S/C31H30N6O4/c1-4-40-25(41-5-2)16-15-21-11-9-12-22-19-24(37(31(39)26(21)22)23-13-7-6-8-14-23)20(3)34-30(38)27-28(32)35-36-18-10-17-33-29(27)36/h6-14,17-20,25H,4-5H2,1-3H3,(H2,32,35)(H,34,38)/t20-/m1/s1. The summed E-state index contributed by atoms with van der Waals surface area (Å²) >= 11 is 0. The molecule has 3 aromatic heterocycles. The van der Waals surface area contributed by atoms with Crippen LogP contribution in [0.4, 0.5) is 5.82 Å². The number of nitrogens with two attached hydrogens (primary N) is 1. The quantitative estimate of drug-likeness (QED) is 0.222. The molecule has 0 bridgehead atoms. The van der Waals surface area contributed by atoms with Crippen molar-refractivity contribution in [2.24, 2.45) is 0 Å². The summed E-state index contributed by atoms with van der Waals surface area (Å²) in [6.45, 7) is 6.43. The first-order chi connectivity index (χ1) is 19.9. The summed E-state index contributed by atoms with van der Waals surface area (Å²) in [7, 11) is 0. The maximum atomic E-state index is 14.2. The van der Waals surface area contributed by atoms with Crippen molar-refractivity contribution in [3.63, 3.8) is 0 Å². The fourth-order valence-corrected chi connectivity index (χ4v) is 4.68. The van der Waals surface area contributed by atoms with Crippen LogP contribution in [0.1, 0.15) is 48.4 Å². The van der Waals surface area contributed by atoms with Gasteiger partial charge in [-0.3, -0.25) is 14.2 Å². The molecular weight excluding hydrogens is 520 g/mol. The van der Waals surface area contributed by atoms with Crippen LogP contribution in [-0.4, -0.2) is 44.6 Å². The number of aromatic nitrogens is 4. The molecule has 0 saturated heterocycles. The van der Waals surface area contributed by atoms with Gasteiger partial charge in [-0.2, -0.15) is 0 Å². The summed E-state index contributed by atoms with van der Waals surface area (Å²) in [6, 6.07) is 17.7. The number of nitrogens with one attached hydrogen (secondary N) is 1. The van der Waals surface area contributed by atoms with E-state index in [2.05, 4.69) is 27.2 Å². The number of benzene rings is 2. The van der Waals surface area contributed by atoms with Gasteiger partial charge in [-0.05, 0) is 62.4 Å². The molecule has 208 valence electrons. The van der Waals surface area contributed by atoms with Gasteiger partial charge < -0.3 is 20.5 Å². The highest BCUT2D eigenvalue weighted by Gasteiger charge is 2.24. The van der Waals surface area contributed by atoms with Crippen molar-refractivity contribution in [1.82, 2.24) is 24.5 Å². The zero-order chi connectivity index (χ0) is 28.9. The molecule has 5 aromatic rings. The van der Waals surface area contributed by atoms with Gasteiger partial charge >= 0.3 is 0 Å². The van der Waals surface area contributed by atoms with E-state index >= 15 is 0 Å². The van der Waals surface area contributed by atoms with Gasteiger partial charge in [0.15, 0.2) is 11.5 Å². The molecular formula is C31H30N6O4. The molecule has 0 radical (unpaired) electrons. The number of nitrogen functional groups attached to an aromatic ring is 1. The lowest BCUT2D eigenvalue weighted by molar-refractivity contribution is -0.0969. The Labute approximate surface area is 236 Å². The molecule has 10 heteroatoms. The normalized spacial score (nSPS) is 11.9. The number of pyridine rings is 1. The minimum atomic E-state index is -0.701. The van der Waals surface area contributed by atoms with Crippen LogP contribution in [0.15, 0.2) is 77.9 Å². The van der Waals surface area contributed by atoms with Gasteiger partial charge in [-0.1, -0.05) is 36.3 Å². The average Bonchev–Trinajstić information content (AvgIpc) is 3.32. The maximum absolute atomic E-state index is 14.2. The van der Waals surface area contributed by atoms with Crippen molar-refractivity contribution in [3.8, 4) is 17.5 Å². The van der Waals surface area contributed by atoms with E-state index in [1.54, 1.807) is 29.1 Å². The van der Waals surface area contributed by atoms with Crippen LogP contribution in [0.2, 0.25) is 0 Å². The Morgan fingerprint density at radius 1 is 1.07 bits per heavy atom. The number of hydrogen-bond donors (Lipinski definition) is 2. The third kappa shape index (κ3) is 5.54. The van der Waals surface area contributed by atoms with E-state index in [4.69, 9.17) is 15.2 Å². The maximum Gasteiger partial charge on any atom is 0.264 e. The van der Waals surface area contributed by atoms with Crippen LogP contribution in [0.3, 0.4) is 0 Å². The highest BCUT2D eigenvalue weighted by Crippen LogP contribution is 2.24. The molecule has 1 atom stereocenters. The molecule has 0 fully saturated rings. The Kier molecular flexibility index (Phi) is 8.10. The Balaban J connectivity index is 1.62. The summed E-state index contributed by atoms with van der Waals surface area (Å²) in [5.74, 6) is 5.69. The van der Waals surface area contributed by atoms with Gasteiger partial charge in [0.25, 0.3) is 11.5 Å². The van der Waals surface area contributed by atoms with Crippen molar-refractivity contribution in [1.29, 1.82) is 0 Å². The number of anilines is 1. The molecule has 2 aromatic carbocycles. The number of carbonyl (C=O) groups excluding carboxylic acids is 1. The second-order valence-corrected chi connectivity index (χ2v) is 9.17. The fourth-order valence-electron chi connectivity index (χ4n) is 4.68. The lowest BCUT2D eigenvalue weighted by Crippen LogP contribution is -2.32. The number of fused-ring (bicyclic) bond motifs is 2. The molecule has 0 aliphatic rings. The molecule has 0 saturated carbocycles. The first-order valence-electron chi connectivity index (χ1n) is 13.3. The smallest absolute Gasteiger partial charge is 0.264 e. The zero-order valence-corrected chi connectivity index (χ0v) is 23.0. The molecule has 0 spiro atoms. The van der Waals surface area contributed by atoms with E-state index < -0.39 is 18.2 Å². The van der Waals surface area contributed by atoms with E-state index in [1.165, 1.54) is 4.52 Å². The monoisotopic (exact) mass is 550 g/mol. The van der Waals surface area contributed by atoms with Crippen molar-refractivity contribution in [2.75, 3.05) is 18.9 Å². The second kappa shape index (κ2) is 12.0. The Morgan fingerprint density at radius 2 is 1.83 bits per heavy atom. The van der Waals surface area contributed by atoms with Crippen LogP contribution in [0.5, 0.6) is 0 Å². The first-order valence-corrected chi connectivity index (χ1v) is 13.3. The van der Waals surface area contributed by atoms with Gasteiger partial charge in [-0.15, -0.1) is 5.10 Å². The van der Waals surface area contributed by atoms with Gasteiger partial charge in [-0.25, -0.2) is 9.50 Å². The van der Waals surface area contributed by atoms with E-state index in [-0.39, 0.29) is 16.9 Å². The van der Waals surface area contributed by atoms with Crippen molar-refractivity contribution < 1.29 is 14.3 Å². The predicted molar refractivity (Wildman–Crippen MR) is 157 cm³/mol. The third-order valence-corrected chi connectivity index (χ3v) is 6.49. The first kappa shape index (κ1) is 27.6. The predicted octanol–water partition coefficient (Wildman–Crippen LogP) is 3.86. The minimum absolute atomic E-state index is 0.0630. The summed E-state index contributed by atoms with van der Waals surface area (Å²) in [6.07, 6.45) is 2.53. The summed E-state index contributed by atoms with van der Waals surface area (Å²) < 4.78 is 14.2. The molecule has 1 amide bonds. The van der Waals surface area contributed by atoms with Gasteiger partial charge in [0.1, 0.15) is 5.56 Å². The number of nitrogens with zero attached hydrogens (tertiary/aromatic N) is 4. The van der Waals surface area contributed by atoms with Crippen molar-refractivity contribution in [3.05, 3.63) is 100 Å². The topological polar surface area (TPSA) is 126 Å². The van der Waals surface area contributed by atoms with Crippen LogP contribution in [0.25, 0.3) is 22.1 Å². The van der Waals surface area contributed by atoms with E-state index in [1.807, 2.05) is 69.3 Å². The SMILES string of the molecule is CCOC(C#Cc1cccc2cc([C@@H](C)NC(=O)c3c(N)nn4cccnc34)n(-c3ccccc3)c(=O)c12)OCC. The van der Waals surface area contributed by atoms with Gasteiger partial charge in [0, 0.05) is 42.6 Å². The average molecular weight is 551 g/mol. The zero-order valence-electron chi connectivity index (χ0n) is 23.0. The van der Waals surface area contributed by atoms with Crippen molar-refractivity contribution in [2.45, 2.75) is 33.1 Å². The molecule has 0 unspecified atom stereocenters. The molecule has 0 aliphatic carbocycles. The molecule has 0 aliphatic heterocycles. The highest BCUT2D eigenvalue weighted by molar-refractivity contribution is 6.04. The van der Waals surface area contributed by atoms with Gasteiger partial charge in [0.2, 0.25) is 6.29 Å². The highest BCUT2D eigenvalue weighted by atomic mass is 16.7. The number of para-hydroxylation sites is 1. The summed E-state index contributed by atoms with van der Waals surface area (Å²) in [4.78, 5) is 31.9. The number of carbonyl (C=O) groups is 1. The second-order valence-electron chi connectivity index (χ2n) is 9.17. The molecule has 10 nitrogen and oxygen atoms in total. The van der Waals surface area contributed by atoms with Crippen molar-refractivity contribution >= 4 is 28.1 Å². The lowest BCUT2D eigenvalue weighted by Gasteiger charge is -2.21. The number of amides is 1. The van der Waals surface area contributed by atoms with E-state index in [0.717, 1.165) is 0 Å². The number of hydrogen-bond acceptors (Lipinski definition) is 7. The molecule has 3 heterocycles. The molecule has 3 N–H and O–H groups in total. The third-order valence-electron chi connectivity index (χ3n) is 6.49. The van der Waals surface area contributed by atoms with Crippen LogP contribution in [0, 0.1) is 11.8 Å². The molecule has 5 rings (SSSR count). The molecule has 41 heavy (non-hydrogen) atoms. The Bertz CT molecular complexity index is 1830. The summed E-state index contributed by atoms with van der Waals surface area (Å²) in [5, 5.41) is 8.30. The van der Waals surface area contributed by atoms with Gasteiger partial charge in [0.05, 0.1) is 11.4 Å².